The van der Waals surface area contributed by atoms with Gasteiger partial charge >= 0.3 is 12.1 Å². The summed E-state index contributed by atoms with van der Waals surface area (Å²) < 4.78 is 5.33. The van der Waals surface area contributed by atoms with E-state index < -0.39 is 17.7 Å². The number of amides is 2. The van der Waals surface area contributed by atoms with Gasteiger partial charge in [-0.25, -0.2) is 4.79 Å². The summed E-state index contributed by atoms with van der Waals surface area (Å²) >= 11 is 0. The predicted octanol–water partition coefficient (Wildman–Crippen LogP) is 3.78. The summed E-state index contributed by atoms with van der Waals surface area (Å²) in [5.41, 5.74) is 2.01. The number of nitrogens with one attached hydrogen (secondary N) is 2. The summed E-state index contributed by atoms with van der Waals surface area (Å²) in [5.74, 6) is 0.319. The van der Waals surface area contributed by atoms with Crippen molar-refractivity contribution in [3.63, 3.8) is 0 Å². The van der Waals surface area contributed by atoms with E-state index in [2.05, 4.69) is 10.6 Å². The second kappa shape index (κ2) is 10.8. The Hall–Kier alpha value is -1.87. The Morgan fingerprint density at radius 1 is 1.21 bits per heavy atom. The van der Waals surface area contributed by atoms with Crippen molar-refractivity contribution >= 4 is 39.6 Å². The van der Waals surface area contributed by atoms with Crippen molar-refractivity contribution in [3.8, 4) is 0 Å². The van der Waals surface area contributed by atoms with Gasteiger partial charge in [-0.3, -0.25) is 9.59 Å². The lowest BCUT2D eigenvalue weighted by Gasteiger charge is -2.22. The highest BCUT2D eigenvalue weighted by atomic mass is 33.1. The van der Waals surface area contributed by atoms with Crippen LogP contribution in [-0.2, 0) is 16.0 Å². The zero-order valence-corrected chi connectivity index (χ0v) is 18.6. The van der Waals surface area contributed by atoms with Crippen molar-refractivity contribution in [2.45, 2.75) is 51.7 Å². The number of hydrogen-bond donors (Lipinski definition) is 3. The molecule has 29 heavy (non-hydrogen) atoms. The minimum absolute atomic E-state index is 0.129. The summed E-state index contributed by atoms with van der Waals surface area (Å²) in [6.07, 6.45) is 1.13. The molecule has 0 spiro atoms. The van der Waals surface area contributed by atoms with Gasteiger partial charge in [0.1, 0.15) is 5.60 Å². The van der Waals surface area contributed by atoms with Crippen molar-refractivity contribution in [3.05, 3.63) is 34.9 Å². The van der Waals surface area contributed by atoms with Crippen LogP contribution in [0, 0.1) is 0 Å². The molecule has 2 rings (SSSR count). The molecule has 0 aromatic heterocycles. The largest absolute Gasteiger partial charge is 0.481 e. The SMILES string of the molecule is CC(C)(C)OC(=O)NC1CCc2c(C(=O)NCCSSCCC(=O)O)cccc21. The molecule has 1 aromatic carbocycles. The number of alkyl carbamates (subject to hydrolysis) is 1. The molecule has 1 aromatic rings. The van der Waals surface area contributed by atoms with Gasteiger partial charge in [-0.05, 0) is 50.8 Å². The molecule has 2 amide bonds. The normalized spacial score (nSPS) is 15.5. The van der Waals surface area contributed by atoms with Crippen molar-refractivity contribution in [1.82, 2.24) is 10.6 Å². The van der Waals surface area contributed by atoms with Gasteiger partial charge in [-0.15, -0.1) is 0 Å². The zero-order valence-electron chi connectivity index (χ0n) is 16.9. The first-order valence-corrected chi connectivity index (χ1v) is 12.0. The maximum atomic E-state index is 12.6. The molecule has 0 bridgehead atoms. The fourth-order valence-electron chi connectivity index (χ4n) is 3.02. The van der Waals surface area contributed by atoms with Crippen LogP contribution in [0.15, 0.2) is 18.2 Å². The van der Waals surface area contributed by atoms with Crippen molar-refractivity contribution in [1.29, 1.82) is 0 Å². The lowest BCUT2D eigenvalue weighted by atomic mass is 10.0. The maximum absolute atomic E-state index is 12.6. The number of rotatable bonds is 9. The van der Waals surface area contributed by atoms with Crippen LogP contribution in [0.2, 0.25) is 0 Å². The lowest BCUT2D eigenvalue weighted by Crippen LogP contribution is -2.34. The Morgan fingerprint density at radius 2 is 1.93 bits per heavy atom. The summed E-state index contributed by atoms with van der Waals surface area (Å²) in [7, 11) is 3.04. The van der Waals surface area contributed by atoms with E-state index in [4.69, 9.17) is 9.84 Å². The van der Waals surface area contributed by atoms with Crippen LogP contribution in [0.3, 0.4) is 0 Å². The number of aliphatic carboxylic acids is 1. The van der Waals surface area contributed by atoms with Gasteiger partial charge in [0, 0.05) is 23.6 Å². The van der Waals surface area contributed by atoms with E-state index in [0.29, 0.717) is 23.6 Å². The van der Waals surface area contributed by atoms with Crippen LogP contribution < -0.4 is 10.6 Å². The number of carbonyl (C=O) groups excluding carboxylic acids is 2. The van der Waals surface area contributed by atoms with Gasteiger partial charge in [0.15, 0.2) is 0 Å². The van der Waals surface area contributed by atoms with Gasteiger partial charge < -0.3 is 20.5 Å². The van der Waals surface area contributed by atoms with Crippen LogP contribution >= 0.6 is 21.6 Å². The van der Waals surface area contributed by atoms with Crippen molar-refractivity contribution in [2.75, 3.05) is 18.1 Å². The average molecular weight is 441 g/mol. The molecule has 1 atom stereocenters. The van der Waals surface area contributed by atoms with Crippen LogP contribution in [0.5, 0.6) is 0 Å². The monoisotopic (exact) mass is 440 g/mol. The first kappa shape index (κ1) is 23.4. The number of carboxylic acids is 1. The highest BCUT2D eigenvalue weighted by Crippen LogP contribution is 2.33. The number of hydrogen-bond acceptors (Lipinski definition) is 6. The molecule has 1 unspecified atom stereocenters. The minimum Gasteiger partial charge on any atom is -0.481 e. The Kier molecular flexibility index (Phi) is 8.70. The van der Waals surface area contributed by atoms with Gasteiger partial charge in [0.25, 0.3) is 5.91 Å². The number of fused-ring (bicyclic) bond motifs is 1. The fraction of sp³-hybridized carbons (Fsp3) is 0.550. The third-order valence-corrected chi connectivity index (χ3v) is 6.57. The van der Waals surface area contributed by atoms with Gasteiger partial charge in [-0.1, -0.05) is 33.7 Å². The molecular weight excluding hydrogens is 412 g/mol. The molecule has 1 aliphatic carbocycles. The number of carbonyl (C=O) groups is 3. The van der Waals surface area contributed by atoms with Gasteiger partial charge in [-0.2, -0.15) is 0 Å². The Morgan fingerprint density at radius 3 is 2.62 bits per heavy atom. The van der Waals surface area contributed by atoms with E-state index in [1.807, 2.05) is 32.9 Å². The Balaban J connectivity index is 1.86. The first-order chi connectivity index (χ1) is 13.7. The number of benzene rings is 1. The quantitative estimate of drug-likeness (QED) is 0.396. The summed E-state index contributed by atoms with van der Waals surface area (Å²) in [5, 5.41) is 14.4. The van der Waals surface area contributed by atoms with Gasteiger partial charge in [0.05, 0.1) is 12.5 Å². The second-order valence-electron chi connectivity index (χ2n) is 7.65. The molecule has 0 saturated heterocycles. The molecule has 7 nitrogen and oxygen atoms in total. The Bertz CT molecular complexity index is 749. The predicted molar refractivity (Wildman–Crippen MR) is 116 cm³/mol. The standard InChI is InChI=1S/C20H28N2O5S2/c1-20(2,3)27-19(26)22-16-8-7-13-14(16)5-4-6-15(13)18(25)21-10-12-29-28-11-9-17(23)24/h4-6,16H,7-12H2,1-3H3,(H,21,25)(H,22,26)(H,23,24). The highest BCUT2D eigenvalue weighted by Gasteiger charge is 2.29. The minimum atomic E-state index is -0.802. The summed E-state index contributed by atoms with van der Waals surface area (Å²) in [4.78, 5) is 35.1. The lowest BCUT2D eigenvalue weighted by molar-refractivity contribution is -0.136. The molecule has 0 fully saturated rings. The maximum Gasteiger partial charge on any atom is 0.408 e. The van der Waals surface area contributed by atoms with E-state index in [9.17, 15) is 14.4 Å². The molecule has 0 radical (unpaired) electrons. The topological polar surface area (TPSA) is 105 Å². The summed E-state index contributed by atoms with van der Waals surface area (Å²) in [6, 6.07) is 5.42. The van der Waals surface area contributed by atoms with Crippen LogP contribution in [-0.4, -0.2) is 46.7 Å². The van der Waals surface area contributed by atoms with E-state index in [1.165, 1.54) is 10.8 Å². The Labute approximate surface area is 179 Å². The zero-order chi connectivity index (χ0) is 21.4. The van der Waals surface area contributed by atoms with Crippen LogP contribution in [0.4, 0.5) is 4.79 Å². The van der Waals surface area contributed by atoms with E-state index in [1.54, 1.807) is 16.9 Å². The second-order valence-corrected chi connectivity index (χ2v) is 10.4. The molecule has 9 heteroatoms. The highest BCUT2D eigenvalue weighted by molar-refractivity contribution is 8.76. The molecule has 0 heterocycles. The molecule has 0 saturated carbocycles. The molecule has 160 valence electrons. The fourth-order valence-corrected chi connectivity index (χ4v) is 4.90. The van der Waals surface area contributed by atoms with E-state index in [-0.39, 0.29) is 18.4 Å². The number of ether oxygens (including phenoxy) is 1. The van der Waals surface area contributed by atoms with Crippen LogP contribution in [0.1, 0.15) is 61.1 Å². The summed E-state index contributed by atoms with van der Waals surface area (Å²) in [6.45, 7) is 5.97. The first-order valence-electron chi connectivity index (χ1n) is 9.53. The van der Waals surface area contributed by atoms with Crippen molar-refractivity contribution in [2.24, 2.45) is 0 Å². The third kappa shape index (κ3) is 7.81. The molecular formula is C20H28N2O5S2. The molecule has 0 aliphatic heterocycles. The average Bonchev–Trinajstić information content (AvgIpc) is 3.01. The number of carboxylic acid groups (broad SMARTS) is 1. The molecule has 3 N–H and O–H groups in total. The van der Waals surface area contributed by atoms with E-state index >= 15 is 0 Å². The van der Waals surface area contributed by atoms with E-state index in [0.717, 1.165) is 24.0 Å². The molecule has 1 aliphatic rings. The van der Waals surface area contributed by atoms with Gasteiger partial charge in [0.2, 0.25) is 0 Å². The van der Waals surface area contributed by atoms with Crippen molar-refractivity contribution < 1.29 is 24.2 Å². The third-order valence-electron chi connectivity index (χ3n) is 4.16. The smallest absolute Gasteiger partial charge is 0.408 e. The van der Waals surface area contributed by atoms with Crippen LogP contribution in [0.25, 0.3) is 0 Å².